The van der Waals surface area contributed by atoms with Crippen molar-refractivity contribution in [2.24, 2.45) is 4.99 Å². The second-order valence-corrected chi connectivity index (χ2v) is 2.74. The van der Waals surface area contributed by atoms with Crippen LogP contribution in [-0.4, -0.2) is 23.0 Å². The Morgan fingerprint density at radius 3 is 2.00 bits per heavy atom. The zero-order valence-corrected chi connectivity index (χ0v) is 7.26. The minimum Gasteiger partial charge on any atom is -0.387 e. The minimum absolute atomic E-state index is 0.296. The topological polar surface area (TPSA) is 32.6 Å². The molecule has 0 aliphatic heterocycles. The molecule has 10 heavy (non-hydrogen) atoms. The fraction of sp³-hybridized carbons (Fsp3) is 0.875. The van der Waals surface area contributed by atoms with Crippen molar-refractivity contribution in [3.63, 3.8) is 0 Å². The van der Waals surface area contributed by atoms with Crippen LogP contribution in [-0.2, 0) is 0 Å². The number of aliphatic imine (C=N–C) groups is 1. The normalized spacial score (nSPS) is 16.0. The Hall–Kier alpha value is -0.370. The van der Waals surface area contributed by atoms with Gasteiger partial charge in [0.15, 0.2) is 0 Å². The maximum absolute atomic E-state index is 9.13. The summed E-state index contributed by atoms with van der Waals surface area (Å²) in [6, 6.07) is 0.296. The molecule has 0 radical (unpaired) electrons. The van der Waals surface area contributed by atoms with Crippen LogP contribution < -0.4 is 0 Å². The monoisotopic (exact) mass is 143 g/mol. The molecule has 60 valence electrons. The van der Waals surface area contributed by atoms with E-state index in [2.05, 4.69) is 4.99 Å². The number of rotatable bonds is 3. The van der Waals surface area contributed by atoms with E-state index >= 15 is 0 Å². The van der Waals surface area contributed by atoms with Crippen LogP contribution in [0.5, 0.6) is 0 Å². The predicted octanol–water partition coefficient (Wildman–Crippen LogP) is 1.63. The number of nitrogens with zero attached hydrogens (tertiary/aromatic N) is 1. The first kappa shape index (κ1) is 9.63. The molecule has 0 spiro atoms. The highest BCUT2D eigenvalue weighted by atomic mass is 16.3. The SMILES string of the molecule is CCC(=NC(C)C)C(C)O. The molecule has 0 aromatic carbocycles. The zero-order chi connectivity index (χ0) is 8.15. The highest BCUT2D eigenvalue weighted by Crippen LogP contribution is 1.97. The first-order valence-electron chi connectivity index (χ1n) is 3.82. The molecule has 0 aromatic heterocycles. The lowest BCUT2D eigenvalue weighted by molar-refractivity contribution is 0.259. The van der Waals surface area contributed by atoms with Crippen LogP contribution in [0.25, 0.3) is 0 Å². The molecule has 2 heteroatoms. The van der Waals surface area contributed by atoms with Crippen molar-refractivity contribution >= 4 is 5.71 Å². The van der Waals surface area contributed by atoms with Gasteiger partial charge in [-0.15, -0.1) is 0 Å². The molecule has 0 aliphatic carbocycles. The van der Waals surface area contributed by atoms with E-state index in [-0.39, 0.29) is 6.10 Å². The lowest BCUT2D eigenvalue weighted by atomic mass is 10.2. The van der Waals surface area contributed by atoms with Crippen molar-refractivity contribution in [2.45, 2.75) is 46.3 Å². The second kappa shape index (κ2) is 4.45. The van der Waals surface area contributed by atoms with Crippen molar-refractivity contribution in [3.05, 3.63) is 0 Å². The quantitative estimate of drug-likeness (QED) is 0.598. The molecule has 1 N–H and O–H groups in total. The van der Waals surface area contributed by atoms with Gasteiger partial charge in [0.2, 0.25) is 0 Å². The molecule has 0 rings (SSSR count). The van der Waals surface area contributed by atoms with Gasteiger partial charge in [0, 0.05) is 11.8 Å². The Morgan fingerprint density at radius 2 is 1.90 bits per heavy atom. The van der Waals surface area contributed by atoms with E-state index in [4.69, 9.17) is 5.11 Å². The van der Waals surface area contributed by atoms with Crippen LogP contribution in [0.3, 0.4) is 0 Å². The van der Waals surface area contributed by atoms with Gasteiger partial charge in [0.05, 0.1) is 6.10 Å². The van der Waals surface area contributed by atoms with E-state index in [1.54, 1.807) is 6.92 Å². The highest BCUT2D eigenvalue weighted by molar-refractivity contribution is 5.88. The third-order valence-electron chi connectivity index (χ3n) is 1.27. The number of hydrogen-bond donors (Lipinski definition) is 1. The van der Waals surface area contributed by atoms with Gasteiger partial charge in [0.25, 0.3) is 0 Å². The van der Waals surface area contributed by atoms with Gasteiger partial charge in [-0.25, -0.2) is 0 Å². The average molecular weight is 143 g/mol. The predicted molar refractivity (Wildman–Crippen MR) is 44.5 cm³/mol. The fourth-order valence-corrected chi connectivity index (χ4v) is 0.826. The van der Waals surface area contributed by atoms with E-state index in [0.29, 0.717) is 6.04 Å². The Labute approximate surface area is 63.0 Å². The standard InChI is InChI=1S/C8H17NO/c1-5-8(7(4)10)9-6(2)3/h6-7,10H,5H2,1-4H3. The molecule has 0 fully saturated rings. The Kier molecular flexibility index (Phi) is 4.28. The van der Waals surface area contributed by atoms with Crippen LogP contribution in [0, 0.1) is 0 Å². The Morgan fingerprint density at radius 1 is 1.40 bits per heavy atom. The lowest BCUT2D eigenvalue weighted by Crippen LogP contribution is -2.16. The van der Waals surface area contributed by atoms with Crippen molar-refractivity contribution in [2.75, 3.05) is 0 Å². The summed E-state index contributed by atoms with van der Waals surface area (Å²) in [5.74, 6) is 0. The molecule has 0 amide bonds. The number of hydrogen-bond acceptors (Lipinski definition) is 2. The molecule has 0 saturated carbocycles. The van der Waals surface area contributed by atoms with E-state index in [0.717, 1.165) is 12.1 Å². The third-order valence-corrected chi connectivity index (χ3v) is 1.27. The molecule has 2 nitrogen and oxygen atoms in total. The fourth-order valence-electron chi connectivity index (χ4n) is 0.826. The zero-order valence-electron chi connectivity index (χ0n) is 7.26. The average Bonchev–Trinajstić information content (AvgIpc) is 1.81. The van der Waals surface area contributed by atoms with Gasteiger partial charge >= 0.3 is 0 Å². The number of aliphatic hydroxyl groups is 1. The van der Waals surface area contributed by atoms with Crippen molar-refractivity contribution in [1.29, 1.82) is 0 Å². The van der Waals surface area contributed by atoms with E-state index in [1.165, 1.54) is 0 Å². The Bertz CT molecular complexity index is 116. The maximum atomic E-state index is 9.13. The maximum Gasteiger partial charge on any atom is 0.0888 e. The molecule has 0 heterocycles. The van der Waals surface area contributed by atoms with E-state index < -0.39 is 0 Å². The first-order valence-corrected chi connectivity index (χ1v) is 3.82. The molecule has 1 unspecified atom stereocenters. The van der Waals surface area contributed by atoms with Crippen LogP contribution in [0.4, 0.5) is 0 Å². The molecule has 1 atom stereocenters. The first-order chi connectivity index (χ1) is 4.57. The molecular formula is C8H17NO. The molecule has 0 bridgehead atoms. The summed E-state index contributed by atoms with van der Waals surface area (Å²) in [5.41, 5.74) is 0.898. The third kappa shape index (κ3) is 3.62. The summed E-state index contributed by atoms with van der Waals surface area (Å²) in [7, 11) is 0. The summed E-state index contributed by atoms with van der Waals surface area (Å²) in [6.45, 7) is 7.79. The van der Waals surface area contributed by atoms with Crippen LogP contribution in [0.1, 0.15) is 34.1 Å². The largest absolute Gasteiger partial charge is 0.387 e. The van der Waals surface area contributed by atoms with E-state index in [1.807, 2.05) is 20.8 Å². The van der Waals surface area contributed by atoms with Crippen LogP contribution >= 0.6 is 0 Å². The molecule has 0 aliphatic rings. The second-order valence-electron chi connectivity index (χ2n) is 2.74. The van der Waals surface area contributed by atoms with Gasteiger partial charge in [-0.2, -0.15) is 0 Å². The lowest BCUT2D eigenvalue weighted by Gasteiger charge is -2.07. The van der Waals surface area contributed by atoms with Gasteiger partial charge in [-0.05, 0) is 27.2 Å². The summed E-state index contributed by atoms with van der Waals surface area (Å²) in [6.07, 6.45) is 0.461. The Balaban J connectivity index is 4.04. The smallest absolute Gasteiger partial charge is 0.0888 e. The minimum atomic E-state index is -0.382. The van der Waals surface area contributed by atoms with Gasteiger partial charge in [-0.1, -0.05) is 6.92 Å². The van der Waals surface area contributed by atoms with Crippen molar-refractivity contribution < 1.29 is 5.11 Å². The molecular weight excluding hydrogens is 126 g/mol. The number of aliphatic hydroxyl groups excluding tert-OH is 1. The van der Waals surface area contributed by atoms with Crippen LogP contribution in [0.2, 0.25) is 0 Å². The van der Waals surface area contributed by atoms with Crippen molar-refractivity contribution in [1.82, 2.24) is 0 Å². The van der Waals surface area contributed by atoms with Gasteiger partial charge in [0.1, 0.15) is 0 Å². The summed E-state index contributed by atoms with van der Waals surface area (Å²) in [4.78, 5) is 4.26. The van der Waals surface area contributed by atoms with Crippen molar-refractivity contribution in [3.8, 4) is 0 Å². The van der Waals surface area contributed by atoms with Crippen LogP contribution in [0.15, 0.2) is 4.99 Å². The highest BCUT2D eigenvalue weighted by Gasteiger charge is 2.03. The summed E-state index contributed by atoms with van der Waals surface area (Å²) < 4.78 is 0. The van der Waals surface area contributed by atoms with E-state index in [9.17, 15) is 0 Å². The summed E-state index contributed by atoms with van der Waals surface area (Å²) in [5, 5.41) is 9.13. The summed E-state index contributed by atoms with van der Waals surface area (Å²) >= 11 is 0. The van der Waals surface area contributed by atoms with Gasteiger partial charge in [-0.3, -0.25) is 4.99 Å². The molecule has 0 saturated heterocycles. The molecule has 0 aromatic rings. The van der Waals surface area contributed by atoms with Gasteiger partial charge < -0.3 is 5.11 Å².